The predicted molar refractivity (Wildman–Crippen MR) is 65.8 cm³/mol. The zero-order valence-corrected chi connectivity index (χ0v) is 11.0. The molecule has 1 fully saturated rings. The number of ether oxygens (including phenoxy) is 1. The van der Waals surface area contributed by atoms with Crippen molar-refractivity contribution in [3.05, 3.63) is 0 Å². The molecule has 17 heavy (non-hydrogen) atoms. The number of ketones is 1. The standard InChI is InChI=1S/C13H23NO3/c1-13(2,3)17-12(16)14-9-11(15)10-7-5-4-6-8-10/h10H,4-9H2,1-3H3,(H,14,16). The summed E-state index contributed by atoms with van der Waals surface area (Å²) in [5.74, 6) is 0.272. The molecule has 0 saturated heterocycles. The van der Waals surface area contributed by atoms with Gasteiger partial charge in [0.1, 0.15) is 5.60 Å². The summed E-state index contributed by atoms with van der Waals surface area (Å²) < 4.78 is 5.07. The monoisotopic (exact) mass is 241 g/mol. The Balaban J connectivity index is 2.25. The molecule has 0 aromatic carbocycles. The van der Waals surface area contributed by atoms with Crippen LogP contribution in [0.25, 0.3) is 0 Å². The van der Waals surface area contributed by atoms with Gasteiger partial charge in [0.25, 0.3) is 0 Å². The van der Waals surface area contributed by atoms with Crippen molar-refractivity contribution >= 4 is 11.9 Å². The fourth-order valence-corrected chi connectivity index (χ4v) is 2.04. The van der Waals surface area contributed by atoms with Gasteiger partial charge in [-0.2, -0.15) is 0 Å². The van der Waals surface area contributed by atoms with Crippen LogP contribution in [0.4, 0.5) is 4.79 Å². The molecule has 0 atom stereocenters. The van der Waals surface area contributed by atoms with Gasteiger partial charge in [0, 0.05) is 5.92 Å². The van der Waals surface area contributed by atoms with Gasteiger partial charge in [-0.3, -0.25) is 4.79 Å². The Labute approximate surface area is 103 Å². The molecule has 0 aromatic rings. The van der Waals surface area contributed by atoms with Gasteiger partial charge >= 0.3 is 6.09 Å². The largest absolute Gasteiger partial charge is 0.444 e. The van der Waals surface area contributed by atoms with Gasteiger partial charge in [0.15, 0.2) is 5.78 Å². The Morgan fingerprint density at radius 2 is 1.76 bits per heavy atom. The summed E-state index contributed by atoms with van der Waals surface area (Å²) in [5, 5.41) is 2.53. The molecule has 1 saturated carbocycles. The molecule has 0 bridgehead atoms. The Hall–Kier alpha value is -1.06. The second-order valence-electron chi connectivity index (χ2n) is 5.66. The molecule has 98 valence electrons. The van der Waals surface area contributed by atoms with Crippen LogP contribution >= 0.6 is 0 Å². The fourth-order valence-electron chi connectivity index (χ4n) is 2.04. The third-order valence-electron chi connectivity index (χ3n) is 2.87. The van der Waals surface area contributed by atoms with Crippen LogP contribution in [-0.4, -0.2) is 24.0 Å². The molecule has 1 N–H and O–H groups in total. The number of rotatable bonds is 3. The van der Waals surface area contributed by atoms with E-state index in [1.807, 2.05) is 0 Å². The lowest BCUT2D eigenvalue weighted by Gasteiger charge is -2.22. The van der Waals surface area contributed by atoms with Crippen molar-refractivity contribution < 1.29 is 14.3 Å². The molecule has 1 rings (SSSR count). The Bertz CT molecular complexity index is 275. The minimum absolute atomic E-state index is 0.0968. The average Bonchev–Trinajstić information content (AvgIpc) is 2.25. The van der Waals surface area contributed by atoms with Crippen molar-refractivity contribution in [2.45, 2.75) is 58.5 Å². The molecule has 1 amide bonds. The van der Waals surface area contributed by atoms with Crippen LogP contribution in [0, 0.1) is 5.92 Å². The summed E-state index contributed by atoms with van der Waals surface area (Å²) in [7, 11) is 0. The van der Waals surface area contributed by atoms with E-state index in [4.69, 9.17) is 4.74 Å². The number of hydrogen-bond acceptors (Lipinski definition) is 3. The summed E-state index contributed by atoms with van der Waals surface area (Å²) in [6.45, 7) is 5.50. The summed E-state index contributed by atoms with van der Waals surface area (Å²) in [4.78, 5) is 23.2. The quantitative estimate of drug-likeness (QED) is 0.826. The van der Waals surface area contributed by atoms with Gasteiger partial charge in [-0.1, -0.05) is 19.3 Å². The number of carbonyl (C=O) groups is 2. The first-order valence-electron chi connectivity index (χ1n) is 6.38. The molecule has 1 aliphatic rings. The molecule has 0 heterocycles. The molecule has 0 aromatic heterocycles. The normalized spacial score (nSPS) is 17.6. The third kappa shape index (κ3) is 5.71. The van der Waals surface area contributed by atoms with E-state index in [2.05, 4.69) is 5.32 Å². The first-order chi connectivity index (χ1) is 7.88. The molecule has 0 aliphatic heterocycles. The van der Waals surface area contributed by atoms with E-state index in [9.17, 15) is 9.59 Å². The molecule has 0 unspecified atom stereocenters. The van der Waals surface area contributed by atoms with Gasteiger partial charge in [-0.05, 0) is 33.6 Å². The molecule has 0 spiro atoms. The average molecular weight is 241 g/mol. The topological polar surface area (TPSA) is 55.4 Å². The molecular formula is C13H23NO3. The Kier molecular flexibility index (Phi) is 4.97. The molecule has 4 heteroatoms. The third-order valence-corrected chi connectivity index (χ3v) is 2.87. The summed E-state index contributed by atoms with van der Waals surface area (Å²) >= 11 is 0. The van der Waals surface area contributed by atoms with Crippen LogP contribution < -0.4 is 5.32 Å². The number of Topliss-reactive ketones (excluding diaryl/α,β-unsaturated/α-hetero) is 1. The van der Waals surface area contributed by atoms with Gasteiger partial charge in [-0.15, -0.1) is 0 Å². The summed E-state index contributed by atoms with van der Waals surface area (Å²) in [6.07, 6.45) is 4.90. The van der Waals surface area contributed by atoms with Crippen molar-refractivity contribution in [3.63, 3.8) is 0 Å². The first kappa shape index (κ1) is 14.0. The first-order valence-corrected chi connectivity index (χ1v) is 6.38. The van der Waals surface area contributed by atoms with Crippen LogP contribution in [0.5, 0.6) is 0 Å². The number of alkyl carbamates (subject to hydrolysis) is 1. The molecule has 1 aliphatic carbocycles. The lowest BCUT2D eigenvalue weighted by Crippen LogP contribution is -2.37. The highest BCUT2D eigenvalue weighted by Crippen LogP contribution is 2.24. The zero-order valence-electron chi connectivity index (χ0n) is 11.0. The number of nitrogens with one attached hydrogen (secondary N) is 1. The number of carbonyl (C=O) groups excluding carboxylic acids is 2. The van der Waals surface area contributed by atoms with Gasteiger partial charge in [0.05, 0.1) is 6.54 Å². The van der Waals surface area contributed by atoms with Crippen LogP contribution in [0.15, 0.2) is 0 Å². The van der Waals surface area contributed by atoms with Gasteiger partial charge < -0.3 is 10.1 Å². The smallest absolute Gasteiger partial charge is 0.408 e. The molecule has 4 nitrogen and oxygen atoms in total. The number of hydrogen-bond donors (Lipinski definition) is 1. The molecular weight excluding hydrogens is 218 g/mol. The second kappa shape index (κ2) is 6.03. The highest BCUT2D eigenvalue weighted by Gasteiger charge is 2.22. The van der Waals surface area contributed by atoms with E-state index < -0.39 is 11.7 Å². The van der Waals surface area contributed by atoms with Gasteiger partial charge in [-0.25, -0.2) is 4.79 Å². The maximum Gasteiger partial charge on any atom is 0.408 e. The van der Waals surface area contributed by atoms with E-state index in [0.717, 1.165) is 25.7 Å². The summed E-state index contributed by atoms with van der Waals surface area (Å²) in [5.41, 5.74) is -0.516. The second-order valence-corrected chi connectivity index (χ2v) is 5.66. The van der Waals surface area contributed by atoms with Crippen LogP contribution in [0.1, 0.15) is 52.9 Å². The van der Waals surface area contributed by atoms with Crippen LogP contribution in [0.3, 0.4) is 0 Å². The van der Waals surface area contributed by atoms with Gasteiger partial charge in [0.2, 0.25) is 0 Å². The zero-order chi connectivity index (χ0) is 12.9. The lowest BCUT2D eigenvalue weighted by atomic mass is 9.86. The van der Waals surface area contributed by atoms with Crippen molar-refractivity contribution in [2.24, 2.45) is 5.92 Å². The van der Waals surface area contributed by atoms with Crippen molar-refractivity contribution in [2.75, 3.05) is 6.54 Å². The highest BCUT2D eigenvalue weighted by atomic mass is 16.6. The van der Waals surface area contributed by atoms with E-state index >= 15 is 0 Å². The SMILES string of the molecule is CC(C)(C)OC(=O)NCC(=O)C1CCCCC1. The maximum absolute atomic E-state index is 11.8. The summed E-state index contributed by atoms with van der Waals surface area (Å²) in [6, 6.07) is 0. The lowest BCUT2D eigenvalue weighted by molar-refractivity contribution is -0.122. The Morgan fingerprint density at radius 1 is 1.18 bits per heavy atom. The van der Waals surface area contributed by atoms with Crippen molar-refractivity contribution in [3.8, 4) is 0 Å². The van der Waals surface area contributed by atoms with Crippen LogP contribution in [-0.2, 0) is 9.53 Å². The highest BCUT2D eigenvalue weighted by molar-refractivity contribution is 5.86. The van der Waals surface area contributed by atoms with Crippen molar-refractivity contribution in [1.82, 2.24) is 5.32 Å². The Morgan fingerprint density at radius 3 is 2.29 bits per heavy atom. The number of amides is 1. The predicted octanol–water partition coefficient (Wildman–Crippen LogP) is 2.66. The molecule has 0 radical (unpaired) electrons. The van der Waals surface area contributed by atoms with E-state index in [0.29, 0.717) is 0 Å². The maximum atomic E-state index is 11.8. The fraction of sp³-hybridized carbons (Fsp3) is 0.846. The minimum atomic E-state index is -0.516. The minimum Gasteiger partial charge on any atom is -0.444 e. The van der Waals surface area contributed by atoms with E-state index in [-0.39, 0.29) is 18.2 Å². The van der Waals surface area contributed by atoms with E-state index in [1.165, 1.54) is 6.42 Å². The van der Waals surface area contributed by atoms with Crippen LogP contribution in [0.2, 0.25) is 0 Å². The van der Waals surface area contributed by atoms with Crippen molar-refractivity contribution in [1.29, 1.82) is 0 Å². The van der Waals surface area contributed by atoms with E-state index in [1.54, 1.807) is 20.8 Å².